The fraction of sp³-hybridized carbons (Fsp3) is 0.294. The van der Waals surface area contributed by atoms with Crippen molar-refractivity contribution in [1.82, 2.24) is 14.7 Å². The summed E-state index contributed by atoms with van der Waals surface area (Å²) in [6, 6.07) is 8.49. The number of nitrogens with zero attached hydrogens (tertiary/aromatic N) is 2. The largest absolute Gasteiger partial charge is 0.356 e. The molecule has 0 aliphatic heterocycles. The first-order chi connectivity index (χ1) is 10.7. The molecule has 0 saturated carbocycles. The van der Waals surface area contributed by atoms with Crippen molar-refractivity contribution in [3.05, 3.63) is 47.1 Å². The summed E-state index contributed by atoms with van der Waals surface area (Å²) in [5.41, 5.74) is 4.36. The van der Waals surface area contributed by atoms with Crippen LogP contribution in [0.25, 0.3) is 16.2 Å². The number of hydrogen-bond acceptors (Lipinski definition) is 3. The topological polar surface area (TPSA) is 46.4 Å². The van der Waals surface area contributed by atoms with Crippen LogP contribution in [0.1, 0.15) is 25.1 Å². The highest BCUT2D eigenvalue weighted by atomic mass is 32.1. The molecule has 1 amide bonds. The number of carbonyl (C=O) groups excluding carboxylic acids is 1. The fourth-order valence-corrected chi connectivity index (χ4v) is 3.30. The van der Waals surface area contributed by atoms with E-state index in [0.717, 1.165) is 28.3 Å². The highest BCUT2D eigenvalue weighted by Crippen LogP contribution is 2.24. The highest BCUT2D eigenvalue weighted by molar-refractivity contribution is 7.15. The van der Waals surface area contributed by atoms with E-state index in [0.29, 0.717) is 13.0 Å². The van der Waals surface area contributed by atoms with Crippen molar-refractivity contribution in [3.8, 4) is 11.3 Å². The van der Waals surface area contributed by atoms with Gasteiger partial charge >= 0.3 is 0 Å². The Morgan fingerprint density at radius 3 is 2.73 bits per heavy atom. The van der Waals surface area contributed by atoms with E-state index in [1.807, 2.05) is 22.9 Å². The van der Waals surface area contributed by atoms with Gasteiger partial charge in [0.15, 0.2) is 4.96 Å². The normalized spacial score (nSPS) is 11.0. The van der Waals surface area contributed by atoms with Gasteiger partial charge in [-0.25, -0.2) is 4.98 Å². The van der Waals surface area contributed by atoms with Gasteiger partial charge in [0.2, 0.25) is 5.91 Å². The maximum absolute atomic E-state index is 11.8. The van der Waals surface area contributed by atoms with Gasteiger partial charge in [-0.2, -0.15) is 0 Å². The quantitative estimate of drug-likeness (QED) is 0.785. The van der Waals surface area contributed by atoms with Gasteiger partial charge in [0, 0.05) is 29.4 Å². The number of likely N-dealkylation sites (N-methyl/N-ethyl adjacent to an activating group) is 1. The Hall–Kier alpha value is -2.14. The van der Waals surface area contributed by atoms with Crippen LogP contribution in [0, 0.1) is 0 Å². The number of rotatable bonds is 5. The minimum Gasteiger partial charge on any atom is -0.356 e. The van der Waals surface area contributed by atoms with Gasteiger partial charge in [0.1, 0.15) is 0 Å². The van der Waals surface area contributed by atoms with E-state index >= 15 is 0 Å². The SMILES string of the molecule is CCNC(=O)Cc1csc2nc(-c3ccc(CC)cc3)cn12. The van der Waals surface area contributed by atoms with Crippen LogP contribution < -0.4 is 5.32 Å². The lowest BCUT2D eigenvalue weighted by Crippen LogP contribution is -2.24. The first-order valence-electron chi connectivity index (χ1n) is 7.52. The number of nitrogens with one attached hydrogen (secondary N) is 1. The fourth-order valence-electron chi connectivity index (χ4n) is 2.43. The molecule has 4 nitrogen and oxygen atoms in total. The van der Waals surface area contributed by atoms with Gasteiger partial charge in [0.25, 0.3) is 0 Å². The molecule has 5 heteroatoms. The third-order valence-corrected chi connectivity index (χ3v) is 4.55. The third kappa shape index (κ3) is 2.90. The van der Waals surface area contributed by atoms with Crippen LogP contribution in [-0.4, -0.2) is 21.8 Å². The summed E-state index contributed by atoms with van der Waals surface area (Å²) in [7, 11) is 0. The smallest absolute Gasteiger partial charge is 0.225 e. The van der Waals surface area contributed by atoms with Crippen molar-refractivity contribution in [3.63, 3.8) is 0 Å². The van der Waals surface area contributed by atoms with Gasteiger partial charge in [-0.3, -0.25) is 9.20 Å². The number of benzene rings is 1. The number of thiazole rings is 1. The summed E-state index contributed by atoms with van der Waals surface area (Å²) < 4.78 is 2.02. The minimum absolute atomic E-state index is 0.0461. The number of carbonyl (C=O) groups is 1. The van der Waals surface area contributed by atoms with Gasteiger partial charge in [0.05, 0.1) is 12.1 Å². The van der Waals surface area contributed by atoms with Crippen LogP contribution in [0.5, 0.6) is 0 Å². The molecule has 0 unspecified atom stereocenters. The van der Waals surface area contributed by atoms with Crippen molar-refractivity contribution in [1.29, 1.82) is 0 Å². The van der Waals surface area contributed by atoms with Crippen LogP contribution in [0.2, 0.25) is 0 Å². The van der Waals surface area contributed by atoms with E-state index in [-0.39, 0.29) is 5.91 Å². The number of fused-ring (bicyclic) bond motifs is 1. The molecule has 0 saturated heterocycles. The summed E-state index contributed by atoms with van der Waals surface area (Å²) in [4.78, 5) is 17.3. The Bertz CT molecular complexity index is 786. The van der Waals surface area contributed by atoms with Gasteiger partial charge in [-0.1, -0.05) is 31.2 Å². The number of amides is 1. The van der Waals surface area contributed by atoms with Crippen molar-refractivity contribution in [2.45, 2.75) is 26.7 Å². The molecule has 114 valence electrons. The molecule has 22 heavy (non-hydrogen) atoms. The zero-order chi connectivity index (χ0) is 15.5. The minimum atomic E-state index is 0.0461. The van der Waals surface area contributed by atoms with E-state index in [2.05, 4.69) is 41.5 Å². The number of aromatic nitrogens is 2. The predicted molar refractivity (Wildman–Crippen MR) is 90.3 cm³/mol. The van der Waals surface area contributed by atoms with Crippen molar-refractivity contribution >= 4 is 22.2 Å². The lowest BCUT2D eigenvalue weighted by Gasteiger charge is -2.01. The van der Waals surface area contributed by atoms with E-state index < -0.39 is 0 Å². The number of hydrogen-bond donors (Lipinski definition) is 1. The summed E-state index contributed by atoms with van der Waals surface area (Å²) in [6.07, 6.45) is 3.44. The Labute approximate surface area is 133 Å². The first-order valence-corrected chi connectivity index (χ1v) is 8.40. The molecule has 0 spiro atoms. The Morgan fingerprint density at radius 1 is 1.27 bits per heavy atom. The molecule has 0 atom stereocenters. The molecule has 0 bridgehead atoms. The highest BCUT2D eigenvalue weighted by Gasteiger charge is 2.12. The van der Waals surface area contributed by atoms with E-state index in [1.54, 1.807) is 11.3 Å². The molecule has 0 fully saturated rings. The second-order valence-electron chi connectivity index (χ2n) is 5.19. The maximum Gasteiger partial charge on any atom is 0.225 e. The van der Waals surface area contributed by atoms with Gasteiger partial charge < -0.3 is 5.32 Å². The summed E-state index contributed by atoms with van der Waals surface area (Å²) in [5.74, 6) is 0.0461. The van der Waals surface area contributed by atoms with Gasteiger partial charge in [-0.05, 0) is 18.9 Å². The van der Waals surface area contributed by atoms with Crippen LogP contribution in [0.15, 0.2) is 35.8 Å². The Morgan fingerprint density at radius 2 is 2.05 bits per heavy atom. The molecular formula is C17H19N3OS. The molecule has 3 aromatic rings. The van der Waals surface area contributed by atoms with E-state index in [9.17, 15) is 4.79 Å². The number of aryl methyl sites for hydroxylation is 1. The first kappa shape index (κ1) is 14.8. The summed E-state index contributed by atoms with van der Waals surface area (Å²) in [6.45, 7) is 4.73. The molecule has 1 aromatic carbocycles. The molecular weight excluding hydrogens is 294 g/mol. The van der Waals surface area contributed by atoms with Crippen molar-refractivity contribution in [2.75, 3.05) is 6.54 Å². The Balaban J connectivity index is 1.89. The summed E-state index contributed by atoms with van der Waals surface area (Å²) in [5, 5.41) is 4.83. The standard InChI is InChI=1S/C17H19N3OS/c1-3-12-5-7-13(8-6-12)15-10-20-14(9-16(21)18-4-2)11-22-17(20)19-15/h5-8,10-11H,3-4,9H2,1-2H3,(H,18,21). The zero-order valence-electron chi connectivity index (χ0n) is 12.8. The molecule has 0 aliphatic rings. The van der Waals surface area contributed by atoms with Crippen LogP contribution >= 0.6 is 11.3 Å². The van der Waals surface area contributed by atoms with Crippen LogP contribution in [0.4, 0.5) is 0 Å². The van der Waals surface area contributed by atoms with E-state index in [4.69, 9.17) is 0 Å². The lowest BCUT2D eigenvalue weighted by atomic mass is 10.1. The van der Waals surface area contributed by atoms with Gasteiger partial charge in [-0.15, -0.1) is 11.3 Å². The third-order valence-electron chi connectivity index (χ3n) is 3.66. The van der Waals surface area contributed by atoms with Crippen LogP contribution in [-0.2, 0) is 17.6 Å². The molecule has 2 aromatic heterocycles. The van der Waals surface area contributed by atoms with E-state index in [1.165, 1.54) is 5.56 Å². The Kier molecular flexibility index (Phi) is 4.24. The number of imidazole rings is 1. The molecule has 2 heterocycles. The summed E-state index contributed by atoms with van der Waals surface area (Å²) >= 11 is 1.57. The zero-order valence-corrected chi connectivity index (χ0v) is 13.6. The predicted octanol–water partition coefficient (Wildman–Crippen LogP) is 3.30. The molecule has 0 radical (unpaired) electrons. The van der Waals surface area contributed by atoms with Crippen LogP contribution in [0.3, 0.4) is 0 Å². The monoisotopic (exact) mass is 313 g/mol. The van der Waals surface area contributed by atoms with Crippen molar-refractivity contribution < 1.29 is 4.79 Å². The maximum atomic E-state index is 11.8. The average Bonchev–Trinajstić information content (AvgIpc) is 3.10. The average molecular weight is 313 g/mol. The molecule has 0 aliphatic carbocycles. The molecule has 3 rings (SSSR count). The lowest BCUT2D eigenvalue weighted by molar-refractivity contribution is -0.120. The molecule has 1 N–H and O–H groups in total. The second kappa shape index (κ2) is 6.32. The second-order valence-corrected chi connectivity index (χ2v) is 6.02. The van der Waals surface area contributed by atoms with Crippen molar-refractivity contribution in [2.24, 2.45) is 0 Å².